The molecule has 2 nitrogen and oxygen atoms in total. The number of nitrogens with one attached hydrogen (secondary N) is 1. The molecule has 2 heteroatoms. The highest BCUT2D eigenvalue weighted by atomic mass is 16.5. The van der Waals surface area contributed by atoms with Crippen molar-refractivity contribution in [1.82, 2.24) is 5.32 Å². The molecule has 0 amide bonds. The molecule has 0 aromatic heterocycles. The van der Waals surface area contributed by atoms with Crippen molar-refractivity contribution in [3.8, 4) is 5.75 Å². The second kappa shape index (κ2) is 4.28. The van der Waals surface area contributed by atoms with Crippen LogP contribution in [0.25, 0.3) is 0 Å². The lowest BCUT2D eigenvalue weighted by Crippen LogP contribution is -2.07. The average Bonchev–Trinajstić information content (AvgIpc) is 2.04. The van der Waals surface area contributed by atoms with E-state index in [1.54, 1.807) is 7.11 Å². The second-order valence-corrected chi connectivity index (χ2v) is 3.30. The highest BCUT2D eigenvalue weighted by Gasteiger charge is 2.05. The summed E-state index contributed by atoms with van der Waals surface area (Å²) >= 11 is 0. The minimum absolute atomic E-state index is 0.853. The third-order valence-electron chi connectivity index (χ3n) is 2.07. The van der Waals surface area contributed by atoms with Crippen LogP contribution >= 0.6 is 0 Å². The molecule has 1 aromatic carbocycles. The van der Waals surface area contributed by atoms with Gasteiger partial charge in [0.25, 0.3) is 0 Å². The number of methoxy groups -OCH3 is 1. The number of aryl methyl sites for hydroxylation is 2. The van der Waals surface area contributed by atoms with Crippen LogP contribution in [0.1, 0.15) is 16.7 Å². The highest BCUT2D eigenvalue weighted by Crippen LogP contribution is 2.24. The van der Waals surface area contributed by atoms with Crippen LogP contribution in [-0.2, 0) is 6.54 Å². The molecular formula is C11H17NO. The number of benzene rings is 1. The summed E-state index contributed by atoms with van der Waals surface area (Å²) in [5, 5.41) is 3.13. The molecule has 1 N–H and O–H groups in total. The Morgan fingerprint density at radius 3 is 2.54 bits per heavy atom. The molecule has 0 bridgehead atoms. The van der Waals surface area contributed by atoms with Crippen molar-refractivity contribution in [1.29, 1.82) is 0 Å². The topological polar surface area (TPSA) is 21.3 Å². The smallest absolute Gasteiger partial charge is 0.126 e. The monoisotopic (exact) mass is 179 g/mol. The van der Waals surface area contributed by atoms with E-state index in [1.165, 1.54) is 16.7 Å². The van der Waals surface area contributed by atoms with Crippen LogP contribution in [-0.4, -0.2) is 14.2 Å². The van der Waals surface area contributed by atoms with Crippen LogP contribution < -0.4 is 10.1 Å². The van der Waals surface area contributed by atoms with Crippen molar-refractivity contribution in [3.05, 3.63) is 28.8 Å². The summed E-state index contributed by atoms with van der Waals surface area (Å²) in [7, 11) is 3.66. The first kappa shape index (κ1) is 10.1. The second-order valence-electron chi connectivity index (χ2n) is 3.30. The van der Waals surface area contributed by atoms with Crippen molar-refractivity contribution in [2.45, 2.75) is 20.4 Å². The highest BCUT2D eigenvalue weighted by molar-refractivity contribution is 5.43. The summed E-state index contributed by atoms with van der Waals surface area (Å²) in [5.74, 6) is 1.000. The van der Waals surface area contributed by atoms with Gasteiger partial charge in [-0.3, -0.25) is 0 Å². The molecule has 1 aromatic rings. The Hall–Kier alpha value is -1.02. The van der Waals surface area contributed by atoms with Crippen LogP contribution in [0, 0.1) is 13.8 Å². The molecule has 1 rings (SSSR count). The van der Waals surface area contributed by atoms with Gasteiger partial charge in [0, 0.05) is 12.1 Å². The van der Waals surface area contributed by atoms with Crippen molar-refractivity contribution in [3.63, 3.8) is 0 Å². The molecular weight excluding hydrogens is 162 g/mol. The van der Waals surface area contributed by atoms with Gasteiger partial charge < -0.3 is 10.1 Å². The first-order valence-corrected chi connectivity index (χ1v) is 4.47. The number of hydrogen-bond donors (Lipinski definition) is 1. The summed E-state index contributed by atoms with van der Waals surface area (Å²) in [6, 6.07) is 4.29. The van der Waals surface area contributed by atoms with Gasteiger partial charge in [-0.25, -0.2) is 0 Å². The standard InChI is InChI=1S/C11H17NO/c1-8-5-9(2)11(13-4)10(6-8)7-12-3/h5-6,12H,7H2,1-4H3. The Morgan fingerprint density at radius 1 is 1.31 bits per heavy atom. The van der Waals surface area contributed by atoms with Crippen LogP contribution in [0.4, 0.5) is 0 Å². The van der Waals surface area contributed by atoms with Gasteiger partial charge >= 0.3 is 0 Å². The number of rotatable bonds is 3. The molecule has 0 unspecified atom stereocenters. The van der Waals surface area contributed by atoms with Gasteiger partial charge in [0.15, 0.2) is 0 Å². The molecule has 0 aliphatic carbocycles. The van der Waals surface area contributed by atoms with Gasteiger partial charge in [-0.15, -0.1) is 0 Å². The minimum atomic E-state index is 0.853. The first-order chi connectivity index (χ1) is 6.19. The quantitative estimate of drug-likeness (QED) is 0.766. The molecule has 0 fully saturated rings. The summed E-state index contributed by atoms with van der Waals surface area (Å²) in [4.78, 5) is 0. The van der Waals surface area contributed by atoms with E-state index in [0.717, 1.165) is 12.3 Å². The van der Waals surface area contributed by atoms with E-state index >= 15 is 0 Å². The zero-order valence-corrected chi connectivity index (χ0v) is 8.77. The maximum Gasteiger partial charge on any atom is 0.126 e. The maximum absolute atomic E-state index is 5.34. The summed E-state index contributed by atoms with van der Waals surface area (Å²) in [6.07, 6.45) is 0. The molecule has 0 saturated heterocycles. The summed E-state index contributed by atoms with van der Waals surface area (Å²) in [6.45, 7) is 5.03. The van der Waals surface area contributed by atoms with E-state index in [1.807, 2.05) is 7.05 Å². The SMILES string of the molecule is CNCc1cc(C)cc(C)c1OC. The van der Waals surface area contributed by atoms with E-state index in [9.17, 15) is 0 Å². The third kappa shape index (κ3) is 2.22. The lowest BCUT2D eigenvalue weighted by Gasteiger charge is -2.12. The molecule has 0 radical (unpaired) electrons. The fraction of sp³-hybridized carbons (Fsp3) is 0.455. The lowest BCUT2D eigenvalue weighted by molar-refractivity contribution is 0.405. The van der Waals surface area contributed by atoms with Crippen LogP contribution in [0.2, 0.25) is 0 Å². The fourth-order valence-electron chi connectivity index (χ4n) is 1.66. The Morgan fingerprint density at radius 2 is 2.00 bits per heavy atom. The molecule has 0 spiro atoms. The van der Waals surface area contributed by atoms with E-state index in [2.05, 4.69) is 31.3 Å². The summed E-state index contributed by atoms with van der Waals surface area (Å²) in [5.41, 5.74) is 3.71. The van der Waals surface area contributed by atoms with E-state index < -0.39 is 0 Å². The molecule has 72 valence electrons. The van der Waals surface area contributed by atoms with Gasteiger partial charge in [0.1, 0.15) is 5.75 Å². The minimum Gasteiger partial charge on any atom is -0.496 e. The fourth-order valence-corrected chi connectivity index (χ4v) is 1.66. The molecule has 0 heterocycles. The molecule has 0 aliphatic rings. The zero-order chi connectivity index (χ0) is 9.84. The maximum atomic E-state index is 5.34. The van der Waals surface area contributed by atoms with Gasteiger partial charge in [0.05, 0.1) is 7.11 Å². The van der Waals surface area contributed by atoms with Crippen LogP contribution in [0.5, 0.6) is 5.75 Å². The molecule has 0 aliphatic heterocycles. The first-order valence-electron chi connectivity index (χ1n) is 4.47. The molecule has 0 saturated carbocycles. The molecule has 0 atom stereocenters. The van der Waals surface area contributed by atoms with Gasteiger partial charge in [-0.05, 0) is 26.5 Å². The van der Waals surface area contributed by atoms with Crippen molar-refractivity contribution >= 4 is 0 Å². The van der Waals surface area contributed by atoms with Crippen LogP contribution in [0.3, 0.4) is 0 Å². The third-order valence-corrected chi connectivity index (χ3v) is 2.07. The summed E-state index contributed by atoms with van der Waals surface area (Å²) < 4.78 is 5.34. The zero-order valence-electron chi connectivity index (χ0n) is 8.77. The Balaban J connectivity index is 3.13. The van der Waals surface area contributed by atoms with Crippen molar-refractivity contribution < 1.29 is 4.74 Å². The van der Waals surface area contributed by atoms with Crippen molar-refractivity contribution in [2.75, 3.05) is 14.2 Å². The Kier molecular flexibility index (Phi) is 3.32. The van der Waals surface area contributed by atoms with Crippen LogP contribution in [0.15, 0.2) is 12.1 Å². The predicted molar refractivity (Wildman–Crippen MR) is 55.2 cm³/mol. The normalized spacial score (nSPS) is 10.2. The van der Waals surface area contributed by atoms with E-state index in [-0.39, 0.29) is 0 Å². The van der Waals surface area contributed by atoms with E-state index in [0.29, 0.717) is 0 Å². The van der Waals surface area contributed by atoms with Gasteiger partial charge in [0.2, 0.25) is 0 Å². The Bertz CT molecular complexity index is 294. The van der Waals surface area contributed by atoms with Crippen molar-refractivity contribution in [2.24, 2.45) is 0 Å². The average molecular weight is 179 g/mol. The predicted octanol–water partition coefficient (Wildman–Crippen LogP) is 2.03. The number of ether oxygens (including phenoxy) is 1. The molecule has 13 heavy (non-hydrogen) atoms. The van der Waals surface area contributed by atoms with Gasteiger partial charge in [-0.1, -0.05) is 17.7 Å². The largest absolute Gasteiger partial charge is 0.496 e. The van der Waals surface area contributed by atoms with E-state index in [4.69, 9.17) is 4.74 Å². The number of hydrogen-bond acceptors (Lipinski definition) is 2. The van der Waals surface area contributed by atoms with Gasteiger partial charge in [-0.2, -0.15) is 0 Å². The lowest BCUT2D eigenvalue weighted by atomic mass is 10.1. The Labute approximate surface area is 79.9 Å².